The number of hydrogen-bond acceptors (Lipinski definition) is 7. The average molecular weight is 470 g/mol. The van der Waals surface area contributed by atoms with Crippen LogP contribution < -0.4 is 10.2 Å². The zero-order valence-electron chi connectivity index (χ0n) is 18.6. The Balaban J connectivity index is 1.37. The van der Waals surface area contributed by atoms with Gasteiger partial charge in [0.05, 0.1) is 11.1 Å². The van der Waals surface area contributed by atoms with Crippen LogP contribution in [-0.4, -0.2) is 82.6 Å². The molecule has 4 rings (SSSR count). The fourth-order valence-electron chi connectivity index (χ4n) is 4.58. The van der Waals surface area contributed by atoms with Crippen molar-refractivity contribution in [2.75, 3.05) is 31.1 Å². The zero-order valence-corrected chi connectivity index (χ0v) is 18.6. The van der Waals surface area contributed by atoms with Gasteiger partial charge in [-0.1, -0.05) is 0 Å². The maximum atomic E-state index is 13.0. The topological polar surface area (TPSA) is 144 Å². The largest absolute Gasteiger partial charge is 0.481 e. The smallest absolute Gasteiger partial charge is 0.303 e. The Morgan fingerprint density at radius 1 is 0.941 bits per heavy atom. The monoisotopic (exact) mass is 470 g/mol. The molecule has 3 aliphatic rings. The molecule has 0 saturated carbocycles. The Morgan fingerprint density at radius 3 is 2.29 bits per heavy atom. The first-order chi connectivity index (χ1) is 16.3. The van der Waals surface area contributed by atoms with E-state index in [0.29, 0.717) is 45.4 Å². The lowest BCUT2D eigenvalue weighted by molar-refractivity contribution is -0.138. The molecule has 1 unspecified atom stereocenters. The molecular weight excluding hydrogens is 444 g/mol. The molecule has 0 aliphatic carbocycles. The first-order valence-electron chi connectivity index (χ1n) is 11.4. The van der Waals surface area contributed by atoms with Crippen LogP contribution in [0.4, 0.5) is 5.69 Å². The number of carbonyl (C=O) groups excluding carboxylic acids is 5. The number of nitrogens with one attached hydrogen (secondary N) is 1. The van der Waals surface area contributed by atoms with Gasteiger partial charge in [0.2, 0.25) is 17.7 Å². The number of nitrogens with zero attached hydrogens (tertiary/aromatic N) is 3. The summed E-state index contributed by atoms with van der Waals surface area (Å²) in [4.78, 5) is 77.1. The van der Waals surface area contributed by atoms with E-state index in [1.807, 2.05) is 4.90 Å². The van der Waals surface area contributed by atoms with E-state index in [4.69, 9.17) is 5.11 Å². The van der Waals surface area contributed by atoms with Gasteiger partial charge in [-0.3, -0.25) is 39.0 Å². The number of anilines is 1. The molecule has 2 N–H and O–H groups in total. The van der Waals surface area contributed by atoms with Crippen LogP contribution in [0.2, 0.25) is 0 Å². The molecule has 34 heavy (non-hydrogen) atoms. The molecule has 2 fully saturated rings. The second-order valence-electron chi connectivity index (χ2n) is 8.65. The van der Waals surface area contributed by atoms with Gasteiger partial charge in [0.1, 0.15) is 6.04 Å². The van der Waals surface area contributed by atoms with E-state index < -0.39 is 35.6 Å². The Labute approximate surface area is 195 Å². The van der Waals surface area contributed by atoms with E-state index in [1.54, 1.807) is 23.1 Å². The highest BCUT2D eigenvalue weighted by atomic mass is 16.4. The molecule has 2 saturated heterocycles. The molecule has 0 spiro atoms. The fourth-order valence-corrected chi connectivity index (χ4v) is 4.58. The van der Waals surface area contributed by atoms with Crippen molar-refractivity contribution in [2.45, 2.75) is 44.6 Å². The SMILES string of the molecule is O=C(O)CCCCC(=O)N1CCN(c2ccc3c(c2)C(=O)N(C2CCC(=O)NC2=O)C3=O)CC1. The van der Waals surface area contributed by atoms with Crippen LogP contribution in [0.3, 0.4) is 0 Å². The van der Waals surface area contributed by atoms with Crippen LogP contribution in [0.5, 0.6) is 0 Å². The first kappa shape index (κ1) is 23.4. The Hall–Kier alpha value is -3.76. The number of amides is 5. The van der Waals surface area contributed by atoms with Gasteiger partial charge < -0.3 is 14.9 Å². The van der Waals surface area contributed by atoms with Crippen LogP contribution in [-0.2, 0) is 19.2 Å². The summed E-state index contributed by atoms with van der Waals surface area (Å²) in [6.45, 7) is 2.12. The summed E-state index contributed by atoms with van der Waals surface area (Å²) in [5.74, 6) is -3.02. The molecule has 3 heterocycles. The summed E-state index contributed by atoms with van der Waals surface area (Å²) >= 11 is 0. The predicted octanol–water partition coefficient (Wildman–Crippen LogP) is 0.381. The Morgan fingerprint density at radius 2 is 1.62 bits per heavy atom. The van der Waals surface area contributed by atoms with E-state index in [2.05, 4.69) is 5.32 Å². The number of piperidine rings is 1. The third-order valence-corrected chi connectivity index (χ3v) is 6.45. The molecule has 11 nitrogen and oxygen atoms in total. The van der Waals surface area contributed by atoms with Crippen molar-refractivity contribution in [2.24, 2.45) is 0 Å². The number of unbranched alkanes of at least 4 members (excludes halogenated alkanes) is 1. The summed E-state index contributed by atoms with van der Waals surface area (Å²) in [5, 5.41) is 10.9. The van der Waals surface area contributed by atoms with Crippen LogP contribution in [0, 0.1) is 0 Å². The minimum absolute atomic E-state index is 0.000325. The van der Waals surface area contributed by atoms with Crippen molar-refractivity contribution < 1.29 is 33.9 Å². The van der Waals surface area contributed by atoms with Crippen molar-refractivity contribution in [3.63, 3.8) is 0 Å². The number of hydrogen-bond donors (Lipinski definition) is 2. The third kappa shape index (κ3) is 4.63. The highest BCUT2D eigenvalue weighted by Gasteiger charge is 2.44. The van der Waals surface area contributed by atoms with E-state index >= 15 is 0 Å². The van der Waals surface area contributed by atoms with Crippen LogP contribution >= 0.6 is 0 Å². The van der Waals surface area contributed by atoms with Gasteiger partial charge in [-0.25, -0.2) is 0 Å². The number of fused-ring (bicyclic) bond motifs is 1. The molecule has 0 bridgehead atoms. The molecular formula is C23H26N4O7. The summed E-state index contributed by atoms with van der Waals surface area (Å²) in [7, 11) is 0. The van der Waals surface area contributed by atoms with Gasteiger partial charge in [0, 0.05) is 51.1 Å². The van der Waals surface area contributed by atoms with Gasteiger partial charge in [-0.15, -0.1) is 0 Å². The third-order valence-electron chi connectivity index (χ3n) is 6.45. The summed E-state index contributed by atoms with van der Waals surface area (Å²) in [6, 6.07) is 3.97. The molecule has 0 radical (unpaired) electrons. The quantitative estimate of drug-likeness (QED) is 0.430. The van der Waals surface area contributed by atoms with Gasteiger partial charge in [0.25, 0.3) is 11.8 Å². The van der Waals surface area contributed by atoms with Gasteiger partial charge in [0.15, 0.2) is 0 Å². The molecule has 0 aromatic heterocycles. The Kier molecular flexibility index (Phi) is 6.62. The minimum atomic E-state index is -1.00. The lowest BCUT2D eigenvalue weighted by Gasteiger charge is -2.36. The number of benzene rings is 1. The Bertz CT molecular complexity index is 1060. The molecule has 3 aliphatic heterocycles. The minimum Gasteiger partial charge on any atom is -0.481 e. The normalized spacial score (nSPS) is 20.5. The van der Waals surface area contributed by atoms with Gasteiger partial charge in [-0.2, -0.15) is 0 Å². The number of carboxylic acid groups (broad SMARTS) is 1. The zero-order chi connectivity index (χ0) is 24.4. The second-order valence-corrected chi connectivity index (χ2v) is 8.65. The molecule has 180 valence electrons. The van der Waals surface area contributed by atoms with Crippen LogP contribution in [0.1, 0.15) is 59.2 Å². The van der Waals surface area contributed by atoms with E-state index in [0.717, 1.165) is 10.6 Å². The molecule has 1 aromatic rings. The van der Waals surface area contributed by atoms with Crippen molar-refractivity contribution in [3.05, 3.63) is 29.3 Å². The van der Waals surface area contributed by atoms with Crippen molar-refractivity contribution in [1.29, 1.82) is 0 Å². The van der Waals surface area contributed by atoms with Crippen LogP contribution in [0.15, 0.2) is 18.2 Å². The molecule has 11 heteroatoms. The molecule has 1 aromatic carbocycles. The molecule has 1 atom stereocenters. The average Bonchev–Trinajstić information content (AvgIpc) is 3.06. The van der Waals surface area contributed by atoms with Gasteiger partial charge >= 0.3 is 5.97 Å². The van der Waals surface area contributed by atoms with Gasteiger partial charge in [-0.05, 0) is 37.5 Å². The fraction of sp³-hybridized carbons (Fsp3) is 0.478. The number of carboxylic acids is 1. The first-order valence-corrected chi connectivity index (χ1v) is 11.4. The maximum Gasteiger partial charge on any atom is 0.303 e. The number of aliphatic carboxylic acids is 1. The number of rotatable bonds is 7. The number of piperazine rings is 1. The summed E-state index contributed by atoms with van der Waals surface area (Å²) < 4.78 is 0. The summed E-state index contributed by atoms with van der Waals surface area (Å²) in [5.41, 5.74) is 1.20. The second kappa shape index (κ2) is 9.62. The van der Waals surface area contributed by atoms with Crippen molar-refractivity contribution in [1.82, 2.24) is 15.1 Å². The predicted molar refractivity (Wildman–Crippen MR) is 118 cm³/mol. The van der Waals surface area contributed by atoms with Crippen LogP contribution in [0.25, 0.3) is 0 Å². The lowest BCUT2D eigenvalue weighted by atomic mass is 10.0. The number of imide groups is 2. The number of carbonyl (C=O) groups is 6. The van der Waals surface area contributed by atoms with E-state index in [-0.39, 0.29) is 36.3 Å². The van der Waals surface area contributed by atoms with E-state index in [9.17, 15) is 28.8 Å². The van der Waals surface area contributed by atoms with E-state index in [1.165, 1.54) is 0 Å². The molecule has 5 amide bonds. The summed E-state index contributed by atoms with van der Waals surface area (Å²) in [6.07, 6.45) is 1.56. The lowest BCUT2D eigenvalue weighted by Crippen LogP contribution is -2.54. The highest BCUT2D eigenvalue weighted by Crippen LogP contribution is 2.31. The standard InChI is InChI=1S/C23H26N4O7/c28-18-8-7-17(21(32)24-18)27-22(33)15-6-5-14(13-16(15)23(27)34)25-9-11-26(12-10-25)19(29)3-1-2-4-20(30)31/h5-6,13,17H,1-4,7-12H2,(H,30,31)(H,24,28,32). The highest BCUT2D eigenvalue weighted by molar-refractivity contribution is 6.23. The van der Waals surface area contributed by atoms with Crippen molar-refractivity contribution >= 4 is 41.2 Å². The van der Waals surface area contributed by atoms with Crippen molar-refractivity contribution in [3.8, 4) is 0 Å². The maximum absolute atomic E-state index is 13.0.